The number of imide groups is 1. The number of fused-ring (bicyclic) bond motifs is 1. The molecule has 172 valence electrons. The molecule has 4 rings (SSSR count). The summed E-state index contributed by atoms with van der Waals surface area (Å²) < 4.78 is 5.12. The van der Waals surface area contributed by atoms with Crippen LogP contribution in [0.15, 0.2) is 53.9 Å². The number of rotatable bonds is 7. The fourth-order valence-electron chi connectivity index (χ4n) is 3.55. The number of nitro benzene ring substituents is 1. The van der Waals surface area contributed by atoms with Crippen molar-refractivity contribution in [2.45, 2.75) is 6.92 Å². The third-order valence-electron chi connectivity index (χ3n) is 5.07. The highest BCUT2D eigenvalue weighted by molar-refractivity contribution is 7.15. The fourth-order valence-corrected chi connectivity index (χ4v) is 4.52. The summed E-state index contributed by atoms with van der Waals surface area (Å²) in [6, 6.07) is 12.0. The first-order chi connectivity index (χ1) is 16.3. The maximum Gasteiger partial charge on any atom is 0.341 e. The number of ether oxygens (including phenoxy) is 1. The summed E-state index contributed by atoms with van der Waals surface area (Å²) in [7, 11) is 0. The number of non-ortho nitro benzene ring substituents is 1. The number of amides is 3. The Balaban J connectivity index is 1.61. The second-order valence-corrected chi connectivity index (χ2v) is 8.05. The van der Waals surface area contributed by atoms with E-state index in [4.69, 9.17) is 4.74 Å². The van der Waals surface area contributed by atoms with Gasteiger partial charge >= 0.3 is 5.97 Å². The van der Waals surface area contributed by atoms with Crippen molar-refractivity contribution in [1.29, 1.82) is 0 Å². The SMILES string of the molecule is CCOC(=O)c1c(-c2cccc([N+](=O)[O-])c2)csc1NC(=O)CN1C(=O)c2ccccc2C1=O. The number of nitro groups is 1. The van der Waals surface area contributed by atoms with Gasteiger partial charge < -0.3 is 10.1 Å². The molecule has 0 radical (unpaired) electrons. The Bertz CT molecular complexity index is 1310. The molecule has 11 heteroatoms. The second kappa shape index (κ2) is 9.24. The lowest BCUT2D eigenvalue weighted by Gasteiger charge is -2.14. The van der Waals surface area contributed by atoms with E-state index < -0.39 is 35.2 Å². The number of benzene rings is 2. The van der Waals surface area contributed by atoms with Crippen molar-refractivity contribution < 1.29 is 28.8 Å². The first kappa shape index (κ1) is 22.8. The Morgan fingerprint density at radius 1 is 1.06 bits per heavy atom. The molecule has 0 atom stereocenters. The molecule has 1 aromatic heterocycles. The quantitative estimate of drug-likeness (QED) is 0.236. The van der Waals surface area contributed by atoms with Crippen LogP contribution in [0.5, 0.6) is 0 Å². The highest BCUT2D eigenvalue weighted by Gasteiger charge is 2.36. The van der Waals surface area contributed by atoms with Gasteiger partial charge in [0.05, 0.1) is 22.7 Å². The molecule has 0 fully saturated rings. The number of esters is 1. The minimum atomic E-state index is -0.721. The van der Waals surface area contributed by atoms with Gasteiger partial charge in [-0.05, 0) is 24.6 Å². The van der Waals surface area contributed by atoms with E-state index in [-0.39, 0.29) is 34.0 Å². The van der Waals surface area contributed by atoms with E-state index >= 15 is 0 Å². The van der Waals surface area contributed by atoms with Crippen molar-refractivity contribution >= 4 is 45.7 Å². The minimum Gasteiger partial charge on any atom is -0.462 e. The van der Waals surface area contributed by atoms with Crippen LogP contribution in [-0.4, -0.2) is 46.7 Å². The standard InChI is InChI=1S/C23H17N3O7S/c1-2-33-23(30)19-17(13-6-5-7-14(10-13)26(31)32)12-34-20(19)24-18(27)11-25-21(28)15-8-3-4-9-16(15)22(25)29/h3-10,12H,2,11H2,1H3,(H,24,27). The van der Waals surface area contributed by atoms with Crippen LogP contribution in [-0.2, 0) is 9.53 Å². The number of carbonyl (C=O) groups excluding carboxylic acids is 4. The van der Waals surface area contributed by atoms with Gasteiger partial charge in [0.2, 0.25) is 5.91 Å². The van der Waals surface area contributed by atoms with Gasteiger partial charge in [0.15, 0.2) is 0 Å². The van der Waals surface area contributed by atoms with Crippen LogP contribution in [0.4, 0.5) is 10.7 Å². The molecular weight excluding hydrogens is 462 g/mol. The average molecular weight is 479 g/mol. The van der Waals surface area contributed by atoms with E-state index in [1.54, 1.807) is 30.5 Å². The van der Waals surface area contributed by atoms with Crippen molar-refractivity contribution in [1.82, 2.24) is 4.90 Å². The van der Waals surface area contributed by atoms with Crippen LogP contribution in [0.3, 0.4) is 0 Å². The summed E-state index contributed by atoms with van der Waals surface area (Å²) in [6.45, 7) is 1.15. The molecule has 0 saturated heterocycles. The van der Waals surface area contributed by atoms with Gasteiger partial charge in [-0.2, -0.15) is 0 Å². The van der Waals surface area contributed by atoms with Gasteiger partial charge in [-0.15, -0.1) is 11.3 Å². The Hall–Kier alpha value is -4.38. The first-order valence-corrected chi connectivity index (χ1v) is 11.0. The zero-order valence-electron chi connectivity index (χ0n) is 17.8. The van der Waals surface area contributed by atoms with E-state index in [9.17, 15) is 29.3 Å². The van der Waals surface area contributed by atoms with Gasteiger partial charge in [-0.3, -0.25) is 29.4 Å². The van der Waals surface area contributed by atoms with Crippen molar-refractivity contribution in [3.8, 4) is 11.1 Å². The number of anilines is 1. The zero-order chi connectivity index (χ0) is 24.4. The molecule has 3 aromatic rings. The van der Waals surface area contributed by atoms with Gasteiger partial charge in [0, 0.05) is 23.1 Å². The molecule has 3 amide bonds. The number of carbonyl (C=O) groups is 4. The smallest absolute Gasteiger partial charge is 0.341 e. The topological polar surface area (TPSA) is 136 Å². The average Bonchev–Trinajstić information content (AvgIpc) is 3.34. The number of nitrogens with zero attached hydrogens (tertiary/aromatic N) is 2. The lowest BCUT2D eigenvalue weighted by molar-refractivity contribution is -0.384. The summed E-state index contributed by atoms with van der Waals surface area (Å²) in [5.41, 5.74) is 1.06. The van der Waals surface area contributed by atoms with Crippen LogP contribution >= 0.6 is 11.3 Å². The molecule has 1 aliphatic heterocycles. The minimum absolute atomic E-state index is 0.0306. The fraction of sp³-hybridized carbons (Fsp3) is 0.130. The number of hydrogen-bond donors (Lipinski definition) is 1. The largest absolute Gasteiger partial charge is 0.462 e. The van der Waals surface area contributed by atoms with Gasteiger partial charge in [0.25, 0.3) is 17.5 Å². The highest BCUT2D eigenvalue weighted by atomic mass is 32.1. The predicted molar refractivity (Wildman–Crippen MR) is 123 cm³/mol. The summed E-state index contributed by atoms with van der Waals surface area (Å²) in [6.07, 6.45) is 0. The Kier molecular flexibility index (Phi) is 6.19. The first-order valence-electron chi connectivity index (χ1n) is 10.1. The Labute approximate surface area is 196 Å². The summed E-state index contributed by atoms with van der Waals surface area (Å²) in [5.74, 6) is -2.57. The lowest BCUT2D eigenvalue weighted by Crippen LogP contribution is -2.37. The molecule has 2 aromatic carbocycles. The van der Waals surface area contributed by atoms with Crippen molar-refractivity contribution in [3.05, 3.63) is 80.7 Å². The molecular formula is C23H17N3O7S. The number of nitrogens with one attached hydrogen (secondary N) is 1. The van der Waals surface area contributed by atoms with E-state index in [1.165, 1.54) is 30.3 Å². The maximum absolute atomic E-state index is 12.7. The number of thiophene rings is 1. The third-order valence-corrected chi connectivity index (χ3v) is 5.97. The Morgan fingerprint density at radius 2 is 1.74 bits per heavy atom. The summed E-state index contributed by atoms with van der Waals surface area (Å²) >= 11 is 1.02. The van der Waals surface area contributed by atoms with Crippen molar-refractivity contribution in [2.24, 2.45) is 0 Å². The van der Waals surface area contributed by atoms with Gasteiger partial charge in [0.1, 0.15) is 17.1 Å². The van der Waals surface area contributed by atoms with Crippen LogP contribution < -0.4 is 5.32 Å². The van der Waals surface area contributed by atoms with Crippen LogP contribution in [0.2, 0.25) is 0 Å². The third kappa shape index (κ3) is 4.16. The van der Waals surface area contributed by atoms with Gasteiger partial charge in [-0.25, -0.2) is 4.79 Å². The van der Waals surface area contributed by atoms with Crippen LogP contribution in [0.25, 0.3) is 11.1 Å². The van der Waals surface area contributed by atoms with E-state index in [2.05, 4.69) is 5.32 Å². The molecule has 10 nitrogen and oxygen atoms in total. The monoisotopic (exact) mass is 479 g/mol. The Morgan fingerprint density at radius 3 is 2.35 bits per heavy atom. The maximum atomic E-state index is 12.7. The van der Waals surface area contributed by atoms with Crippen molar-refractivity contribution in [3.63, 3.8) is 0 Å². The molecule has 0 bridgehead atoms. The summed E-state index contributed by atoms with van der Waals surface area (Å²) in [5, 5.41) is 15.4. The van der Waals surface area contributed by atoms with Crippen molar-refractivity contribution in [2.75, 3.05) is 18.5 Å². The van der Waals surface area contributed by atoms with Crippen LogP contribution in [0.1, 0.15) is 38.0 Å². The molecule has 2 heterocycles. The highest BCUT2D eigenvalue weighted by Crippen LogP contribution is 2.37. The molecule has 1 aliphatic rings. The lowest BCUT2D eigenvalue weighted by atomic mass is 10.0. The zero-order valence-corrected chi connectivity index (χ0v) is 18.6. The molecule has 1 N–H and O–H groups in total. The van der Waals surface area contributed by atoms with E-state index in [0.717, 1.165) is 16.2 Å². The molecule has 0 unspecified atom stereocenters. The van der Waals surface area contributed by atoms with Gasteiger partial charge in [-0.1, -0.05) is 24.3 Å². The second-order valence-electron chi connectivity index (χ2n) is 7.17. The molecule has 0 aliphatic carbocycles. The number of hydrogen-bond acceptors (Lipinski definition) is 8. The molecule has 0 spiro atoms. The summed E-state index contributed by atoms with van der Waals surface area (Å²) in [4.78, 5) is 61.9. The predicted octanol–water partition coefficient (Wildman–Crippen LogP) is 3.73. The normalized spacial score (nSPS) is 12.4. The van der Waals surface area contributed by atoms with E-state index in [1.807, 2.05) is 0 Å². The molecule has 0 saturated carbocycles. The molecule has 34 heavy (non-hydrogen) atoms. The van der Waals surface area contributed by atoms with E-state index in [0.29, 0.717) is 11.1 Å². The van der Waals surface area contributed by atoms with Crippen LogP contribution in [0, 0.1) is 10.1 Å².